The molecule has 0 saturated heterocycles. The maximum atomic E-state index is 11.1. The zero-order valence-corrected chi connectivity index (χ0v) is 11.7. The number of rotatable bonds is 3. The quantitative estimate of drug-likeness (QED) is 0.608. The molecule has 0 saturated carbocycles. The molecule has 19 heavy (non-hydrogen) atoms. The first-order valence-corrected chi connectivity index (χ1v) is 6.78. The van der Waals surface area contributed by atoms with Gasteiger partial charge in [0.25, 0.3) is 5.69 Å². The van der Waals surface area contributed by atoms with Gasteiger partial charge in [0.1, 0.15) is 6.20 Å². The first-order chi connectivity index (χ1) is 8.99. The largest absolute Gasteiger partial charge is 0.294 e. The molecule has 102 valence electrons. The highest BCUT2D eigenvalue weighted by Gasteiger charge is 2.26. The van der Waals surface area contributed by atoms with Gasteiger partial charge in [-0.25, -0.2) is 0 Å². The third kappa shape index (κ3) is 3.00. The molecule has 0 bridgehead atoms. The predicted octanol–water partition coefficient (Wildman–Crippen LogP) is 4.08. The highest BCUT2D eigenvalue weighted by atomic mass is 16.6. The van der Waals surface area contributed by atoms with Crippen LogP contribution in [0.15, 0.2) is 24.5 Å². The molecule has 4 heteroatoms. The molecule has 0 aliphatic heterocycles. The Hall–Kier alpha value is -1.71. The summed E-state index contributed by atoms with van der Waals surface area (Å²) in [5.41, 5.74) is 1.95. The summed E-state index contributed by atoms with van der Waals surface area (Å²) in [7, 11) is 0. The van der Waals surface area contributed by atoms with E-state index in [1.165, 1.54) is 12.6 Å². The lowest BCUT2D eigenvalue weighted by molar-refractivity contribution is -0.385. The van der Waals surface area contributed by atoms with Crippen molar-refractivity contribution in [3.05, 3.63) is 40.2 Å². The number of hydrogen-bond donors (Lipinski definition) is 0. The molecule has 1 aliphatic rings. The SMILES string of the molecule is CC1C=C(c2ccncc2[N+](=O)[O-])CC(C(C)C)C1. The van der Waals surface area contributed by atoms with Crippen LogP contribution in [0.5, 0.6) is 0 Å². The van der Waals surface area contributed by atoms with Gasteiger partial charge in [-0.3, -0.25) is 15.1 Å². The average Bonchev–Trinajstić information content (AvgIpc) is 2.37. The van der Waals surface area contributed by atoms with Gasteiger partial charge in [0, 0.05) is 6.20 Å². The third-order valence-corrected chi connectivity index (χ3v) is 3.93. The molecule has 2 unspecified atom stereocenters. The molecule has 2 rings (SSSR count). The van der Waals surface area contributed by atoms with Crippen molar-refractivity contribution in [1.82, 2.24) is 4.98 Å². The molecule has 0 aromatic carbocycles. The number of nitro groups is 1. The first-order valence-electron chi connectivity index (χ1n) is 6.78. The topological polar surface area (TPSA) is 56.0 Å². The Bertz CT molecular complexity index is 509. The Kier molecular flexibility index (Phi) is 3.98. The van der Waals surface area contributed by atoms with Gasteiger partial charge >= 0.3 is 0 Å². The molecular weight excluding hydrogens is 240 g/mol. The average molecular weight is 260 g/mol. The highest BCUT2D eigenvalue weighted by Crippen LogP contribution is 2.39. The van der Waals surface area contributed by atoms with Crippen molar-refractivity contribution in [3.8, 4) is 0 Å². The molecule has 0 N–H and O–H groups in total. The zero-order valence-electron chi connectivity index (χ0n) is 11.7. The Morgan fingerprint density at radius 1 is 1.47 bits per heavy atom. The minimum absolute atomic E-state index is 0.116. The fraction of sp³-hybridized carbons (Fsp3) is 0.533. The van der Waals surface area contributed by atoms with Gasteiger partial charge in [0.2, 0.25) is 0 Å². The molecular formula is C15H20N2O2. The molecule has 0 amide bonds. The van der Waals surface area contributed by atoms with Crippen LogP contribution in [-0.2, 0) is 0 Å². The number of allylic oxidation sites excluding steroid dienone is 2. The molecule has 1 aromatic rings. The fourth-order valence-electron chi connectivity index (χ4n) is 2.83. The van der Waals surface area contributed by atoms with Crippen LogP contribution in [0, 0.1) is 27.9 Å². The van der Waals surface area contributed by atoms with E-state index in [0.29, 0.717) is 17.8 Å². The maximum absolute atomic E-state index is 11.1. The van der Waals surface area contributed by atoms with Crippen LogP contribution in [0.25, 0.3) is 5.57 Å². The van der Waals surface area contributed by atoms with Crippen molar-refractivity contribution >= 4 is 11.3 Å². The van der Waals surface area contributed by atoms with Crippen molar-refractivity contribution in [2.24, 2.45) is 17.8 Å². The normalized spacial score (nSPS) is 23.3. The van der Waals surface area contributed by atoms with Crippen LogP contribution in [0.3, 0.4) is 0 Å². The van der Waals surface area contributed by atoms with E-state index in [2.05, 4.69) is 31.8 Å². The van der Waals surface area contributed by atoms with E-state index in [-0.39, 0.29) is 10.6 Å². The zero-order chi connectivity index (χ0) is 14.0. The van der Waals surface area contributed by atoms with Crippen LogP contribution in [0.1, 0.15) is 39.2 Å². The summed E-state index contributed by atoms with van der Waals surface area (Å²) in [5.74, 6) is 1.68. The lowest BCUT2D eigenvalue weighted by Crippen LogP contribution is -2.17. The van der Waals surface area contributed by atoms with E-state index in [1.807, 2.05) is 0 Å². The van der Waals surface area contributed by atoms with Crippen LogP contribution in [-0.4, -0.2) is 9.91 Å². The number of aromatic nitrogens is 1. The summed E-state index contributed by atoms with van der Waals surface area (Å²) < 4.78 is 0. The van der Waals surface area contributed by atoms with E-state index in [4.69, 9.17) is 0 Å². The van der Waals surface area contributed by atoms with Gasteiger partial charge < -0.3 is 0 Å². The Morgan fingerprint density at radius 2 is 2.21 bits per heavy atom. The van der Waals surface area contributed by atoms with Gasteiger partial charge in [-0.2, -0.15) is 0 Å². The van der Waals surface area contributed by atoms with Gasteiger partial charge in [-0.1, -0.05) is 26.8 Å². The van der Waals surface area contributed by atoms with E-state index < -0.39 is 0 Å². The molecule has 0 spiro atoms. The van der Waals surface area contributed by atoms with E-state index in [1.54, 1.807) is 12.3 Å². The second-order valence-corrected chi connectivity index (χ2v) is 5.76. The molecule has 0 fully saturated rings. The Labute approximate surface area is 113 Å². The smallest absolute Gasteiger partial charge is 0.258 e. The fourth-order valence-corrected chi connectivity index (χ4v) is 2.83. The van der Waals surface area contributed by atoms with Crippen molar-refractivity contribution < 1.29 is 4.92 Å². The van der Waals surface area contributed by atoms with Crippen molar-refractivity contribution in [1.29, 1.82) is 0 Å². The second kappa shape index (κ2) is 5.51. The number of hydrogen-bond acceptors (Lipinski definition) is 3. The van der Waals surface area contributed by atoms with Crippen LogP contribution in [0.4, 0.5) is 5.69 Å². The van der Waals surface area contributed by atoms with Crippen molar-refractivity contribution in [3.63, 3.8) is 0 Å². The lowest BCUT2D eigenvalue weighted by Gasteiger charge is -2.29. The summed E-state index contributed by atoms with van der Waals surface area (Å²) in [4.78, 5) is 14.6. The molecule has 1 heterocycles. The van der Waals surface area contributed by atoms with Gasteiger partial charge in [-0.15, -0.1) is 0 Å². The minimum Gasteiger partial charge on any atom is -0.258 e. The standard InChI is InChI=1S/C15H20N2O2/c1-10(2)12-6-11(3)7-13(8-12)14-4-5-16-9-15(14)17(18)19/h4-5,7,9-12H,6,8H2,1-3H3. The third-order valence-electron chi connectivity index (χ3n) is 3.93. The number of nitrogens with zero attached hydrogens (tertiary/aromatic N) is 2. The lowest BCUT2D eigenvalue weighted by atomic mass is 9.76. The number of pyridine rings is 1. The van der Waals surface area contributed by atoms with E-state index in [0.717, 1.165) is 17.6 Å². The molecule has 1 aromatic heterocycles. The molecule has 2 atom stereocenters. The summed E-state index contributed by atoms with van der Waals surface area (Å²) >= 11 is 0. The summed E-state index contributed by atoms with van der Waals surface area (Å²) in [6, 6.07) is 1.76. The summed E-state index contributed by atoms with van der Waals surface area (Å²) in [5, 5.41) is 11.1. The second-order valence-electron chi connectivity index (χ2n) is 5.76. The maximum Gasteiger partial charge on any atom is 0.294 e. The molecule has 1 aliphatic carbocycles. The highest BCUT2D eigenvalue weighted by molar-refractivity contribution is 5.73. The summed E-state index contributed by atoms with van der Waals surface area (Å²) in [6.45, 7) is 6.63. The predicted molar refractivity (Wildman–Crippen MR) is 75.6 cm³/mol. The van der Waals surface area contributed by atoms with Crippen molar-refractivity contribution in [2.75, 3.05) is 0 Å². The van der Waals surface area contributed by atoms with Gasteiger partial charge in [0.05, 0.1) is 10.5 Å². The van der Waals surface area contributed by atoms with E-state index in [9.17, 15) is 10.1 Å². The Morgan fingerprint density at radius 3 is 2.84 bits per heavy atom. The van der Waals surface area contributed by atoms with Crippen LogP contribution < -0.4 is 0 Å². The van der Waals surface area contributed by atoms with Gasteiger partial charge in [-0.05, 0) is 42.2 Å². The van der Waals surface area contributed by atoms with E-state index >= 15 is 0 Å². The summed E-state index contributed by atoms with van der Waals surface area (Å²) in [6.07, 6.45) is 7.25. The van der Waals surface area contributed by atoms with Crippen LogP contribution >= 0.6 is 0 Å². The van der Waals surface area contributed by atoms with Crippen LogP contribution in [0.2, 0.25) is 0 Å². The van der Waals surface area contributed by atoms with Crippen molar-refractivity contribution in [2.45, 2.75) is 33.6 Å². The minimum atomic E-state index is -0.340. The first kappa shape index (κ1) is 13.7. The Balaban J connectivity index is 2.38. The monoisotopic (exact) mass is 260 g/mol. The molecule has 4 nitrogen and oxygen atoms in total. The molecule has 0 radical (unpaired) electrons. The van der Waals surface area contributed by atoms with Gasteiger partial charge in [0.15, 0.2) is 0 Å².